The minimum Gasteiger partial charge on any atom is -0.478 e. The molecule has 0 aliphatic carbocycles. The predicted octanol–water partition coefficient (Wildman–Crippen LogP) is 1.88. The summed E-state index contributed by atoms with van der Waals surface area (Å²) < 4.78 is 0. The third kappa shape index (κ3) is 3.79. The average molecular weight is 425 g/mol. The van der Waals surface area contributed by atoms with Crippen LogP contribution in [0, 0.1) is 17.2 Å². The van der Waals surface area contributed by atoms with Gasteiger partial charge < -0.3 is 14.9 Å². The fraction of sp³-hybridized carbons (Fsp3) is 0.565. The standard InChI is InChI=1S/C23H28N4O4/c1-14(21(28)26-8-4-7-18(26)11-24)12-25-13-19-10-20(25)22(29)27(19)15(2)16-5-3-6-17(9-16)23(30)31/h3,5-6,9,14-15,18-20H,4,7-8,10,12-13H2,1-2H3,(H,30,31)/t14-,15+,18-,19-,20-/m0/s1. The van der Waals surface area contributed by atoms with Crippen molar-refractivity contribution in [2.45, 2.75) is 57.3 Å². The molecule has 8 nitrogen and oxygen atoms in total. The largest absolute Gasteiger partial charge is 0.478 e. The number of hydrogen-bond donors (Lipinski definition) is 1. The highest BCUT2D eigenvalue weighted by molar-refractivity contribution is 5.88. The van der Waals surface area contributed by atoms with Crippen LogP contribution in [0.15, 0.2) is 24.3 Å². The van der Waals surface area contributed by atoms with Crippen LogP contribution in [0.2, 0.25) is 0 Å². The molecule has 8 heteroatoms. The van der Waals surface area contributed by atoms with Gasteiger partial charge in [-0.1, -0.05) is 19.1 Å². The summed E-state index contributed by atoms with van der Waals surface area (Å²) in [5.74, 6) is -1.21. The van der Waals surface area contributed by atoms with Gasteiger partial charge in [-0.3, -0.25) is 14.5 Å². The fourth-order valence-corrected chi connectivity index (χ4v) is 5.37. The number of likely N-dealkylation sites (tertiary alicyclic amines) is 3. The minimum atomic E-state index is -0.982. The van der Waals surface area contributed by atoms with Crippen LogP contribution >= 0.6 is 0 Å². The van der Waals surface area contributed by atoms with Crippen molar-refractivity contribution in [2.75, 3.05) is 19.6 Å². The van der Waals surface area contributed by atoms with E-state index in [1.165, 1.54) is 0 Å². The molecule has 31 heavy (non-hydrogen) atoms. The molecule has 3 aliphatic rings. The van der Waals surface area contributed by atoms with Crippen molar-refractivity contribution < 1.29 is 19.5 Å². The maximum absolute atomic E-state index is 13.1. The van der Waals surface area contributed by atoms with E-state index in [0.29, 0.717) is 19.6 Å². The van der Waals surface area contributed by atoms with E-state index in [1.807, 2.05) is 24.8 Å². The molecule has 0 aromatic heterocycles. The highest BCUT2D eigenvalue weighted by atomic mass is 16.4. The minimum absolute atomic E-state index is 0.00465. The van der Waals surface area contributed by atoms with Gasteiger partial charge in [-0.2, -0.15) is 5.26 Å². The van der Waals surface area contributed by atoms with Crippen molar-refractivity contribution in [2.24, 2.45) is 5.92 Å². The summed E-state index contributed by atoms with van der Waals surface area (Å²) in [5.41, 5.74) is 1.03. The van der Waals surface area contributed by atoms with Gasteiger partial charge in [-0.25, -0.2) is 4.79 Å². The Bertz CT molecular complexity index is 942. The predicted molar refractivity (Wildman–Crippen MR) is 112 cm³/mol. The summed E-state index contributed by atoms with van der Waals surface area (Å²) in [7, 11) is 0. The number of piperazine rings is 1. The SMILES string of the molecule is C[C@H](c1cccc(C(=O)O)c1)N1C(=O)[C@@H]2C[C@H]1CN2C[C@H](C)C(=O)N1CCC[C@H]1C#N. The highest BCUT2D eigenvalue weighted by Gasteiger charge is 2.51. The lowest BCUT2D eigenvalue weighted by atomic mass is 10.0. The number of nitrogens with zero attached hydrogens (tertiary/aromatic N) is 4. The normalized spacial score (nSPS) is 27.4. The number of amides is 2. The van der Waals surface area contributed by atoms with Gasteiger partial charge in [0.05, 0.1) is 23.7 Å². The second-order valence-electron chi connectivity index (χ2n) is 8.93. The number of fused-ring (bicyclic) bond motifs is 2. The van der Waals surface area contributed by atoms with E-state index < -0.39 is 5.97 Å². The van der Waals surface area contributed by atoms with Crippen LogP contribution in [0.3, 0.4) is 0 Å². The zero-order valence-corrected chi connectivity index (χ0v) is 17.9. The molecule has 164 valence electrons. The lowest BCUT2D eigenvalue weighted by Gasteiger charge is -2.38. The first-order valence-corrected chi connectivity index (χ1v) is 10.9. The Morgan fingerprint density at radius 1 is 1.32 bits per heavy atom. The molecule has 1 aromatic rings. The van der Waals surface area contributed by atoms with Crippen molar-refractivity contribution in [1.82, 2.24) is 14.7 Å². The summed E-state index contributed by atoms with van der Waals surface area (Å²) >= 11 is 0. The molecular formula is C23H28N4O4. The molecule has 3 fully saturated rings. The maximum atomic E-state index is 13.1. The first kappa shape index (κ1) is 21.3. The van der Waals surface area contributed by atoms with E-state index in [4.69, 9.17) is 0 Å². The van der Waals surface area contributed by atoms with Crippen molar-refractivity contribution in [3.8, 4) is 6.07 Å². The van der Waals surface area contributed by atoms with E-state index in [-0.39, 0.29) is 47.5 Å². The molecule has 1 N–H and O–H groups in total. The van der Waals surface area contributed by atoms with Gasteiger partial charge in [0, 0.05) is 31.6 Å². The molecule has 3 aliphatic heterocycles. The number of hydrogen-bond acceptors (Lipinski definition) is 5. The van der Waals surface area contributed by atoms with Crippen molar-refractivity contribution >= 4 is 17.8 Å². The summed E-state index contributed by atoms with van der Waals surface area (Å²) in [6.07, 6.45) is 2.32. The van der Waals surface area contributed by atoms with Crippen LogP contribution in [0.5, 0.6) is 0 Å². The second-order valence-corrected chi connectivity index (χ2v) is 8.93. The van der Waals surface area contributed by atoms with Gasteiger partial charge in [0.25, 0.3) is 0 Å². The third-order valence-corrected chi connectivity index (χ3v) is 6.96. The molecule has 0 unspecified atom stereocenters. The maximum Gasteiger partial charge on any atom is 0.335 e. The summed E-state index contributed by atoms with van der Waals surface area (Å²) in [5, 5.41) is 18.5. The first-order chi connectivity index (χ1) is 14.8. The molecule has 3 saturated heterocycles. The Hall–Kier alpha value is -2.92. The summed E-state index contributed by atoms with van der Waals surface area (Å²) in [6, 6.07) is 8.25. The van der Waals surface area contributed by atoms with E-state index in [9.17, 15) is 24.8 Å². The number of nitriles is 1. The monoisotopic (exact) mass is 424 g/mol. The smallest absolute Gasteiger partial charge is 0.335 e. The Morgan fingerprint density at radius 3 is 2.77 bits per heavy atom. The first-order valence-electron chi connectivity index (χ1n) is 10.9. The van der Waals surface area contributed by atoms with Gasteiger partial charge in [0.2, 0.25) is 11.8 Å². The molecule has 4 rings (SSSR count). The average Bonchev–Trinajstić information content (AvgIpc) is 3.47. The molecule has 2 amide bonds. The third-order valence-electron chi connectivity index (χ3n) is 6.96. The number of carboxylic acids is 1. The molecule has 0 radical (unpaired) electrons. The molecule has 3 heterocycles. The van der Waals surface area contributed by atoms with Crippen LogP contribution in [-0.2, 0) is 9.59 Å². The lowest BCUT2D eigenvalue weighted by Crippen LogP contribution is -2.53. The van der Waals surface area contributed by atoms with Crippen LogP contribution in [0.25, 0.3) is 0 Å². The van der Waals surface area contributed by atoms with Gasteiger partial charge in [0.1, 0.15) is 6.04 Å². The van der Waals surface area contributed by atoms with Crippen LogP contribution < -0.4 is 0 Å². The Kier molecular flexibility index (Phi) is 5.71. The summed E-state index contributed by atoms with van der Waals surface area (Å²) in [6.45, 7) is 5.66. The topological polar surface area (TPSA) is 105 Å². The number of benzene rings is 1. The number of aromatic carboxylic acids is 1. The molecular weight excluding hydrogens is 396 g/mol. The van der Waals surface area contributed by atoms with Crippen molar-refractivity contribution in [3.05, 3.63) is 35.4 Å². The Balaban J connectivity index is 1.41. The van der Waals surface area contributed by atoms with Gasteiger partial charge >= 0.3 is 5.97 Å². The van der Waals surface area contributed by atoms with Crippen LogP contribution in [-0.4, -0.2) is 75.3 Å². The van der Waals surface area contributed by atoms with E-state index >= 15 is 0 Å². The van der Waals surface area contributed by atoms with Crippen molar-refractivity contribution in [1.29, 1.82) is 5.26 Å². The summed E-state index contributed by atoms with van der Waals surface area (Å²) in [4.78, 5) is 42.9. The molecule has 2 bridgehead atoms. The molecule has 0 spiro atoms. The number of carboxylic acid groups (broad SMARTS) is 1. The highest BCUT2D eigenvalue weighted by Crippen LogP contribution is 2.38. The zero-order chi connectivity index (χ0) is 22.3. The second kappa shape index (κ2) is 8.31. The van der Waals surface area contributed by atoms with Crippen LogP contribution in [0.4, 0.5) is 0 Å². The number of carbonyl (C=O) groups is 3. The Morgan fingerprint density at radius 2 is 2.10 bits per heavy atom. The van der Waals surface area contributed by atoms with E-state index in [2.05, 4.69) is 11.0 Å². The lowest BCUT2D eigenvalue weighted by molar-refractivity contribution is -0.142. The van der Waals surface area contributed by atoms with Gasteiger partial charge in [0.15, 0.2) is 0 Å². The quantitative estimate of drug-likeness (QED) is 0.748. The van der Waals surface area contributed by atoms with Crippen LogP contribution in [0.1, 0.15) is 55.1 Å². The van der Waals surface area contributed by atoms with Crippen molar-refractivity contribution in [3.63, 3.8) is 0 Å². The van der Waals surface area contributed by atoms with E-state index in [1.54, 1.807) is 23.1 Å². The van der Waals surface area contributed by atoms with E-state index in [0.717, 1.165) is 24.8 Å². The zero-order valence-electron chi connectivity index (χ0n) is 17.9. The Labute approximate surface area is 182 Å². The molecule has 0 saturated carbocycles. The number of rotatable bonds is 6. The number of carbonyl (C=O) groups excluding carboxylic acids is 2. The van der Waals surface area contributed by atoms with Gasteiger partial charge in [-0.15, -0.1) is 0 Å². The molecule has 1 aromatic carbocycles. The fourth-order valence-electron chi connectivity index (χ4n) is 5.37. The van der Waals surface area contributed by atoms with Gasteiger partial charge in [-0.05, 0) is 43.9 Å². The molecule has 5 atom stereocenters.